The molecule has 0 atom stereocenters. The Morgan fingerprint density at radius 1 is 0.655 bits per heavy atom. The summed E-state index contributed by atoms with van der Waals surface area (Å²) in [5.74, 6) is 0.0529. The van der Waals surface area contributed by atoms with Crippen LogP contribution in [-0.2, 0) is 35.5 Å². The molecule has 29 heavy (non-hydrogen) atoms. The second kappa shape index (κ2) is 10.1. The highest BCUT2D eigenvalue weighted by molar-refractivity contribution is 7.91. The molecule has 0 aliphatic rings. The fourth-order valence-corrected chi connectivity index (χ4v) is 5.30. The number of aryl methyl sites for hydroxylation is 4. The van der Waals surface area contributed by atoms with Crippen LogP contribution >= 0.6 is 0 Å². The Balaban J connectivity index is 2.71. The maximum atomic E-state index is 13.6. The maximum Gasteiger partial charge on any atom is 0.210 e. The lowest BCUT2D eigenvalue weighted by atomic mass is 10.0. The highest BCUT2D eigenvalue weighted by Crippen LogP contribution is 2.37. The first-order chi connectivity index (χ1) is 13.8. The van der Waals surface area contributed by atoms with Crippen LogP contribution in [0.4, 0.5) is 0 Å². The van der Waals surface area contributed by atoms with E-state index in [-0.39, 0.29) is 21.3 Å². The van der Waals surface area contributed by atoms with Gasteiger partial charge in [-0.15, -0.1) is 0 Å². The van der Waals surface area contributed by atoms with Gasteiger partial charge in [0, 0.05) is 0 Å². The Hall–Kier alpha value is -2.01. The smallest absolute Gasteiger partial charge is 0.210 e. The number of phenols is 2. The van der Waals surface area contributed by atoms with Gasteiger partial charge in [-0.1, -0.05) is 59.4 Å². The number of hydrogen-bond donors (Lipinski definition) is 2. The number of sulfone groups is 1. The Morgan fingerprint density at radius 3 is 1.55 bits per heavy atom. The van der Waals surface area contributed by atoms with Gasteiger partial charge in [0.15, 0.2) is 0 Å². The molecule has 2 rings (SSSR count). The first kappa shape index (κ1) is 23.3. The molecule has 0 saturated carbocycles. The summed E-state index contributed by atoms with van der Waals surface area (Å²) < 4.78 is 27.1. The van der Waals surface area contributed by atoms with Crippen molar-refractivity contribution >= 4 is 9.84 Å². The van der Waals surface area contributed by atoms with E-state index in [2.05, 4.69) is 6.92 Å². The topological polar surface area (TPSA) is 74.6 Å². The Kier molecular flexibility index (Phi) is 8.14. The lowest BCUT2D eigenvalue weighted by Crippen LogP contribution is -2.07. The third-order valence-corrected chi connectivity index (χ3v) is 6.90. The summed E-state index contributed by atoms with van der Waals surface area (Å²) in [6.07, 6.45) is 5.94. The fourth-order valence-electron chi connectivity index (χ4n) is 3.76. The van der Waals surface area contributed by atoms with Gasteiger partial charge in [-0.2, -0.15) is 0 Å². The third kappa shape index (κ3) is 5.13. The van der Waals surface area contributed by atoms with E-state index in [1.165, 1.54) is 0 Å². The fraction of sp³-hybridized carbons (Fsp3) is 0.500. The molecule has 0 radical (unpaired) electrons. The standard InChI is InChI=1S/C24H34O4S/c1-5-9-17-13-18(10-6-2)24(26)22(14-17)29(27,28)21-15-19(11-7-3)23(25)20(16-21)12-8-4/h13-16,25-26H,5-12H2,1-4H3. The molecule has 0 unspecified atom stereocenters. The Morgan fingerprint density at radius 2 is 1.10 bits per heavy atom. The second-order valence-electron chi connectivity index (χ2n) is 7.70. The number of aromatic hydroxyl groups is 2. The average Bonchev–Trinajstić information content (AvgIpc) is 2.67. The monoisotopic (exact) mass is 418 g/mol. The van der Waals surface area contributed by atoms with Crippen molar-refractivity contribution in [3.8, 4) is 11.5 Å². The van der Waals surface area contributed by atoms with Crippen LogP contribution in [0.3, 0.4) is 0 Å². The van der Waals surface area contributed by atoms with Crippen molar-refractivity contribution < 1.29 is 18.6 Å². The van der Waals surface area contributed by atoms with Gasteiger partial charge in [0.05, 0.1) is 4.90 Å². The summed E-state index contributed by atoms with van der Waals surface area (Å²) in [5.41, 5.74) is 2.90. The zero-order valence-electron chi connectivity index (χ0n) is 18.1. The molecule has 0 aromatic heterocycles. The highest BCUT2D eigenvalue weighted by Gasteiger charge is 2.26. The lowest BCUT2D eigenvalue weighted by molar-refractivity contribution is 0.450. The summed E-state index contributed by atoms with van der Waals surface area (Å²) in [6.45, 7) is 8.05. The van der Waals surface area contributed by atoms with E-state index >= 15 is 0 Å². The first-order valence-electron chi connectivity index (χ1n) is 10.7. The predicted molar refractivity (Wildman–Crippen MR) is 118 cm³/mol. The van der Waals surface area contributed by atoms with Crippen LogP contribution in [0.5, 0.6) is 11.5 Å². The highest BCUT2D eigenvalue weighted by atomic mass is 32.2. The van der Waals surface area contributed by atoms with Gasteiger partial charge >= 0.3 is 0 Å². The Bertz CT molecular complexity index is 919. The van der Waals surface area contributed by atoms with E-state index in [9.17, 15) is 18.6 Å². The molecule has 160 valence electrons. The minimum Gasteiger partial charge on any atom is -0.507 e. The van der Waals surface area contributed by atoms with Gasteiger partial charge in [0.2, 0.25) is 9.84 Å². The maximum absolute atomic E-state index is 13.6. The molecule has 5 heteroatoms. The zero-order chi connectivity index (χ0) is 21.6. The molecule has 0 amide bonds. The van der Waals surface area contributed by atoms with Crippen molar-refractivity contribution in [2.45, 2.75) is 88.9 Å². The summed E-state index contributed by atoms with van der Waals surface area (Å²) in [6, 6.07) is 6.67. The van der Waals surface area contributed by atoms with Crippen molar-refractivity contribution in [2.24, 2.45) is 0 Å². The average molecular weight is 419 g/mol. The Labute approximate surface area is 175 Å². The normalized spacial score (nSPS) is 11.7. The number of rotatable bonds is 10. The van der Waals surface area contributed by atoms with Crippen molar-refractivity contribution in [3.63, 3.8) is 0 Å². The SMILES string of the molecule is CCCc1cc(CCC)c(O)c(S(=O)(=O)c2cc(CCC)c(O)c(CCC)c2)c1. The van der Waals surface area contributed by atoms with E-state index < -0.39 is 9.84 Å². The van der Waals surface area contributed by atoms with E-state index in [4.69, 9.17) is 0 Å². The van der Waals surface area contributed by atoms with E-state index in [0.29, 0.717) is 36.0 Å². The van der Waals surface area contributed by atoms with Crippen LogP contribution in [-0.4, -0.2) is 18.6 Å². The molecule has 4 nitrogen and oxygen atoms in total. The number of phenolic OH excluding ortho intramolecular Hbond substituents is 2. The van der Waals surface area contributed by atoms with Gasteiger partial charge in [0.1, 0.15) is 16.4 Å². The van der Waals surface area contributed by atoms with Gasteiger partial charge in [-0.3, -0.25) is 0 Å². The molecule has 2 aromatic rings. The summed E-state index contributed by atoms with van der Waals surface area (Å²) in [4.78, 5) is 0.121. The van der Waals surface area contributed by atoms with Crippen molar-refractivity contribution in [1.82, 2.24) is 0 Å². The van der Waals surface area contributed by atoms with Gasteiger partial charge < -0.3 is 10.2 Å². The largest absolute Gasteiger partial charge is 0.507 e. The first-order valence-corrected chi connectivity index (χ1v) is 12.2. The summed E-state index contributed by atoms with van der Waals surface area (Å²) >= 11 is 0. The van der Waals surface area contributed by atoms with Crippen LogP contribution in [0.25, 0.3) is 0 Å². The van der Waals surface area contributed by atoms with Crippen LogP contribution in [0.1, 0.15) is 75.6 Å². The van der Waals surface area contributed by atoms with E-state index in [0.717, 1.165) is 37.7 Å². The van der Waals surface area contributed by atoms with E-state index in [1.54, 1.807) is 18.2 Å². The minimum atomic E-state index is -3.91. The molecule has 0 fully saturated rings. The number of hydrogen-bond acceptors (Lipinski definition) is 4. The lowest BCUT2D eigenvalue weighted by Gasteiger charge is -2.16. The molecule has 0 heterocycles. The number of benzene rings is 2. The molecule has 2 aromatic carbocycles. The van der Waals surface area contributed by atoms with Crippen LogP contribution in [0.15, 0.2) is 34.1 Å². The predicted octanol–water partition coefficient (Wildman–Crippen LogP) is 5.74. The molecule has 0 bridgehead atoms. The summed E-state index contributed by atoms with van der Waals surface area (Å²) in [5, 5.41) is 21.3. The van der Waals surface area contributed by atoms with Crippen LogP contribution in [0, 0.1) is 0 Å². The molecular formula is C24H34O4S. The minimum absolute atomic E-state index is 0.0255. The third-order valence-electron chi connectivity index (χ3n) is 5.15. The molecule has 0 saturated heterocycles. The van der Waals surface area contributed by atoms with Crippen LogP contribution < -0.4 is 0 Å². The van der Waals surface area contributed by atoms with Crippen molar-refractivity contribution in [1.29, 1.82) is 0 Å². The zero-order valence-corrected chi connectivity index (χ0v) is 18.9. The van der Waals surface area contributed by atoms with Crippen LogP contribution in [0.2, 0.25) is 0 Å². The quantitative estimate of drug-likeness (QED) is 0.516. The van der Waals surface area contributed by atoms with Gasteiger partial charge in [-0.25, -0.2) is 8.42 Å². The summed E-state index contributed by atoms with van der Waals surface area (Å²) in [7, 11) is -3.91. The van der Waals surface area contributed by atoms with Crippen molar-refractivity contribution in [3.05, 3.63) is 46.5 Å². The second-order valence-corrected chi connectivity index (χ2v) is 9.61. The molecule has 0 aliphatic carbocycles. The van der Waals surface area contributed by atoms with Gasteiger partial charge in [-0.05, 0) is 66.1 Å². The molecule has 0 aliphatic heterocycles. The molecular weight excluding hydrogens is 384 g/mol. The molecule has 0 spiro atoms. The van der Waals surface area contributed by atoms with E-state index in [1.807, 2.05) is 26.8 Å². The molecule has 2 N–H and O–H groups in total. The van der Waals surface area contributed by atoms with Crippen molar-refractivity contribution in [2.75, 3.05) is 0 Å². The van der Waals surface area contributed by atoms with Gasteiger partial charge in [0.25, 0.3) is 0 Å².